The van der Waals surface area contributed by atoms with Crippen LogP contribution in [0.15, 0.2) is 18.2 Å². The third-order valence-electron chi connectivity index (χ3n) is 3.81. The minimum Gasteiger partial charge on any atom is -0.349 e. The predicted octanol–water partition coefficient (Wildman–Crippen LogP) is 4.02. The van der Waals surface area contributed by atoms with Crippen molar-refractivity contribution >= 4 is 18.3 Å². The molecule has 1 fully saturated rings. The molecule has 2 unspecified atom stereocenters. The second-order valence-corrected chi connectivity index (χ2v) is 5.84. The van der Waals surface area contributed by atoms with E-state index in [4.69, 9.17) is 0 Å². The maximum atomic E-state index is 12.8. The summed E-state index contributed by atoms with van der Waals surface area (Å²) in [5, 5.41) is 5.64. The molecule has 0 saturated carbocycles. The first-order valence-corrected chi connectivity index (χ1v) is 7.30. The van der Waals surface area contributed by atoms with Crippen molar-refractivity contribution in [3.8, 4) is 0 Å². The van der Waals surface area contributed by atoms with Crippen LogP contribution >= 0.6 is 12.4 Å². The molecule has 2 atom stereocenters. The monoisotopic (exact) mass is 390 g/mol. The number of carbonyl (C=O) groups excluding carboxylic acids is 1. The van der Waals surface area contributed by atoms with E-state index in [0.717, 1.165) is 0 Å². The summed E-state index contributed by atoms with van der Waals surface area (Å²) in [7, 11) is 0. The number of piperidine rings is 1. The summed E-state index contributed by atoms with van der Waals surface area (Å²) in [6.45, 7) is 2.49. The lowest BCUT2D eigenvalue weighted by molar-refractivity contribution is -0.143. The van der Waals surface area contributed by atoms with E-state index in [2.05, 4.69) is 10.6 Å². The molecule has 1 heterocycles. The number of rotatable bonds is 2. The fourth-order valence-corrected chi connectivity index (χ4v) is 2.62. The molecule has 1 saturated heterocycles. The van der Waals surface area contributed by atoms with Gasteiger partial charge in [0.1, 0.15) is 0 Å². The first-order valence-electron chi connectivity index (χ1n) is 7.30. The van der Waals surface area contributed by atoms with Crippen molar-refractivity contribution in [1.29, 1.82) is 0 Å². The van der Waals surface area contributed by atoms with Crippen LogP contribution in [0, 0.1) is 0 Å². The molecule has 10 heteroatoms. The molecule has 0 spiro atoms. The molecule has 3 nitrogen and oxygen atoms in total. The van der Waals surface area contributed by atoms with Gasteiger partial charge in [-0.25, -0.2) is 0 Å². The summed E-state index contributed by atoms with van der Waals surface area (Å²) in [4.78, 5) is 12.1. The predicted molar refractivity (Wildman–Crippen MR) is 81.6 cm³/mol. The zero-order valence-electron chi connectivity index (χ0n) is 13.1. The number of nitrogens with one attached hydrogen (secondary N) is 2. The van der Waals surface area contributed by atoms with Crippen molar-refractivity contribution in [2.24, 2.45) is 0 Å². The lowest BCUT2D eigenvalue weighted by Gasteiger charge is -2.28. The quantitative estimate of drug-likeness (QED) is 0.749. The van der Waals surface area contributed by atoms with E-state index in [1.54, 1.807) is 0 Å². The molecule has 0 radical (unpaired) electrons. The zero-order valence-corrected chi connectivity index (χ0v) is 13.9. The molecule has 0 aromatic heterocycles. The van der Waals surface area contributed by atoms with Crippen molar-refractivity contribution in [3.05, 3.63) is 34.9 Å². The fourth-order valence-electron chi connectivity index (χ4n) is 2.62. The Bertz CT molecular complexity index is 585. The minimum absolute atomic E-state index is 0. The zero-order chi connectivity index (χ0) is 18.1. The second-order valence-electron chi connectivity index (χ2n) is 5.84. The van der Waals surface area contributed by atoms with Gasteiger partial charge in [-0.05, 0) is 44.5 Å². The van der Waals surface area contributed by atoms with Crippen LogP contribution in [-0.2, 0) is 12.4 Å². The molecule has 1 amide bonds. The maximum Gasteiger partial charge on any atom is 0.416 e. The number of hydrogen-bond acceptors (Lipinski definition) is 2. The Balaban J connectivity index is 0.00000312. The number of hydrogen-bond donors (Lipinski definition) is 2. The van der Waals surface area contributed by atoms with Crippen LogP contribution in [0.4, 0.5) is 26.3 Å². The van der Waals surface area contributed by atoms with Gasteiger partial charge < -0.3 is 10.6 Å². The van der Waals surface area contributed by atoms with E-state index in [1.165, 1.54) is 0 Å². The van der Waals surface area contributed by atoms with Gasteiger partial charge in [-0.3, -0.25) is 4.79 Å². The van der Waals surface area contributed by atoms with Crippen molar-refractivity contribution in [2.75, 3.05) is 6.54 Å². The SMILES string of the molecule is CC1CC(NC(=O)c2cc(C(F)(F)F)cc(C(F)(F)F)c2)CCN1.Cl. The number of alkyl halides is 6. The van der Waals surface area contributed by atoms with Gasteiger partial charge in [0.2, 0.25) is 0 Å². The largest absolute Gasteiger partial charge is 0.416 e. The molecule has 25 heavy (non-hydrogen) atoms. The van der Waals surface area contributed by atoms with Crippen LogP contribution in [0.2, 0.25) is 0 Å². The molecule has 1 aliphatic rings. The van der Waals surface area contributed by atoms with Gasteiger partial charge in [-0.2, -0.15) is 26.3 Å². The van der Waals surface area contributed by atoms with Gasteiger partial charge in [0.05, 0.1) is 11.1 Å². The Kier molecular flexibility index (Phi) is 6.74. The summed E-state index contributed by atoms with van der Waals surface area (Å²) in [5.74, 6) is -0.939. The van der Waals surface area contributed by atoms with Crippen LogP contribution in [-0.4, -0.2) is 24.5 Å². The van der Waals surface area contributed by atoms with Crippen LogP contribution in [0.1, 0.15) is 41.3 Å². The summed E-state index contributed by atoms with van der Waals surface area (Å²) in [6, 6.07) is 0.696. The average Bonchev–Trinajstić information content (AvgIpc) is 2.45. The first kappa shape index (κ1) is 21.6. The second kappa shape index (κ2) is 7.82. The number of carbonyl (C=O) groups is 1. The highest BCUT2D eigenvalue weighted by Crippen LogP contribution is 2.36. The minimum atomic E-state index is -4.97. The highest BCUT2D eigenvalue weighted by molar-refractivity contribution is 5.94. The van der Waals surface area contributed by atoms with Gasteiger partial charge in [0.15, 0.2) is 0 Å². The Morgan fingerprint density at radius 2 is 1.60 bits per heavy atom. The summed E-state index contributed by atoms with van der Waals surface area (Å²) < 4.78 is 76.8. The van der Waals surface area contributed by atoms with Crippen molar-refractivity contribution in [3.63, 3.8) is 0 Å². The van der Waals surface area contributed by atoms with Crippen molar-refractivity contribution < 1.29 is 31.1 Å². The Morgan fingerprint density at radius 1 is 1.08 bits per heavy atom. The third-order valence-corrected chi connectivity index (χ3v) is 3.81. The van der Waals surface area contributed by atoms with Gasteiger partial charge in [-0.15, -0.1) is 12.4 Å². The van der Waals surface area contributed by atoms with Crippen LogP contribution in [0.25, 0.3) is 0 Å². The van der Waals surface area contributed by atoms with Crippen molar-refractivity contribution in [2.45, 2.75) is 44.2 Å². The Hall–Kier alpha value is -1.48. The normalized spacial score (nSPS) is 21.4. The lowest BCUT2D eigenvalue weighted by atomic mass is 9.99. The van der Waals surface area contributed by atoms with Crippen molar-refractivity contribution in [1.82, 2.24) is 10.6 Å². The summed E-state index contributed by atoms with van der Waals surface area (Å²) >= 11 is 0. The Labute approximate surface area is 146 Å². The van der Waals surface area contributed by atoms with Gasteiger partial charge in [0.25, 0.3) is 5.91 Å². The number of amides is 1. The molecular formula is C15H17ClF6N2O. The standard InChI is InChI=1S/C15H16F6N2O.ClH/c1-8-4-12(2-3-22-8)23-13(24)9-5-10(14(16,17)18)7-11(6-9)15(19,20)21;/h5-8,12,22H,2-4H2,1H3,(H,23,24);1H. The van der Waals surface area contributed by atoms with E-state index in [-0.39, 0.29) is 30.6 Å². The maximum absolute atomic E-state index is 12.8. The number of benzene rings is 1. The van der Waals surface area contributed by atoms with Crippen LogP contribution in [0.5, 0.6) is 0 Å². The van der Waals surface area contributed by atoms with E-state index < -0.39 is 35.0 Å². The van der Waals surface area contributed by atoms with E-state index in [0.29, 0.717) is 31.5 Å². The van der Waals surface area contributed by atoms with E-state index in [9.17, 15) is 31.1 Å². The molecule has 2 rings (SSSR count). The molecule has 1 aliphatic heterocycles. The topological polar surface area (TPSA) is 41.1 Å². The van der Waals surface area contributed by atoms with Crippen LogP contribution in [0.3, 0.4) is 0 Å². The molecule has 142 valence electrons. The fraction of sp³-hybridized carbons (Fsp3) is 0.533. The first-order chi connectivity index (χ1) is 11.0. The average molecular weight is 391 g/mol. The summed E-state index contributed by atoms with van der Waals surface area (Å²) in [5.41, 5.74) is -3.65. The van der Waals surface area contributed by atoms with E-state index in [1.807, 2.05) is 6.92 Å². The Morgan fingerprint density at radius 3 is 2.04 bits per heavy atom. The van der Waals surface area contributed by atoms with Gasteiger partial charge in [-0.1, -0.05) is 0 Å². The third kappa shape index (κ3) is 5.78. The van der Waals surface area contributed by atoms with E-state index >= 15 is 0 Å². The molecule has 0 bridgehead atoms. The molecule has 2 N–H and O–H groups in total. The number of halogens is 7. The lowest BCUT2D eigenvalue weighted by Crippen LogP contribution is -2.46. The van der Waals surface area contributed by atoms with Crippen LogP contribution < -0.4 is 10.6 Å². The molecular weight excluding hydrogens is 374 g/mol. The highest BCUT2D eigenvalue weighted by Gasteiger charge is 2.37. The summed E-state index contributed by atoms with van der Waals surface area (Å²) in [6.07, 6.45) is -8.84. The molecule has 1 aromatic rings. The molecule has 1 aromatic carbocycles. The molecule has 0 aliphatic carbocycles. The van der Waals surface area contributed by atoms with Gasteiger partial charge in [0, 0.05) is 17.6 Å². The van der Waals surface area contributed by atoms with Gasteiger partial charge >= 0.3 is 12.4 Å². The highest BCUT2D eigenvalue weighted by atomic mass is 35.5. The smallest absolute Gasteiger partial charge is 0.349 e.